The van der Waals surface area contributed by atoms with Gasteiger partial charge in [0, 0.05) is 37.3 Å². The first-order valence-electron chi connectivity index (χ1n) is 7.08. The molecule has 0 aliphatic carbocycles. The first-order chi connectivity index (χ1) is 10.00. The van der Waals surface area contributed by atoms with Gasteiger partial charge < -0.3 is 5.32 Å². The van der Waals surface area contributed by atoms with Gasteiger partial charge in [-0.05, 0) is 31.5 Å². The van der Waals surface area contributed by atoms with Crippen LogP contribution in [0.1, 0.15) is 12.5 Å². The predicted molar refractivity (Wildman–Crippen MR) is 90.0 cm³/mol. The van der Waals surface area contributed by atoms with Crippen LogP contribution < -0.4 is 5.32 Å². The molecule has 3 rings (SSSR count). The van der Waals surface area contributed by atoms with Crippen LogP contribution in [0.25, 0.3) is 10.9 Å². The molecule has 2 aromatic rings. The van der Waals surface area contributed by atoms with Gasteiger partial charge in [0.15, 0.2) is 0 Å². The van der Waals surface area contributed by atoms with Gasteiger partial charge in [-0.25, -0.2) is 8.42 Å². The molecule has 0 radical (unpaired) electrons. The Morgan fingerprint density at radius 3 is 2.86 bits per heavy atom. The quantitative estimate of drug-likeness (QED) is 0.907. The highest BCUT2D eigenvalue weighted by molar-refractivity contribution is 7.89. The van der Waals surface area contributed by atoms with Gasteiger partial charge in [0.25, 0.3) is 0 Å². The second kappa shape index (κ2) is 6.50. The van der Waals surface area contributed by atoms with Gasteiger partial charge in [0.05, 0.1) is 5.52 Å². The molecule has 0 amide bonds. The first kappa shape index (κ1) is 17.1. The standard InChI is InChI=1S/C15H19N3O2S.ClH/c1-11-8-13-4-3-5-14(15(13)17-9-11)21(19,20)18-7-6-16-10-12(18)2;/h3-5,8-9,12,16H,6-7,10H2,1-2H3;1H/t12-;/m0./s1. The van der Waals surface area contributed by atoms with E-state index >= 15 is 0 Å². The SMILES string of the molecule is Cc1cnc2c(S(=O)(=O)N3CCNC[C@@H]3C)cccc2c1.Cl. The molecule has 1 N–H and O–H groups in total. The zero-order valence-electron chi connectivity index (χ0n) is 12.6. The number of rotatable bonds is 2. The Morgan fingerprint density at radius 2 is 2.14 bits per heavy atom. The summed E-state index contributed by atoms with van der Waals surface area (Å²) >= 11 is 0. The molecule has 1 aromatic heterocycles. The number of fused-ring (bicyclic) bond motifs is 1. The molecule has 1 fully saturated rings. The number of nitrogens with one attached hydrogen (secondary N) is 1. The van der Waals surface area contributed by atoms with E-state index < -0.39 is 10.0 Å². The molecule has 7 heteroatoms. The van der Waals surface area contributed by atoms with E-state index in [-0.39, 0.29) is 18.4 Å². The number of sulfonamides is 1. The summed E-state index contributed by atoms with van der Waals surface area (Å²) in [5.41, 5.74) is 1.57. The summed E-state index contributed by atoms with van der Waals surface area (Å²) in [5, 5.41) is 4.07. The number of pyridine rings is 1. The van der Waals surface area contributed by atoms with Crippen LogP contribution in [0.5, 0.6) is 0 Å². The van der Waals surface area contributed by atoms with Gasteiger partial charge in [-0.3, -0.25) is 4.98 Å². The van der Waals surface area contributed by atoms with E-state index in [9.17, 15) is 8.42 Å². The summed E-state index contributed by atoms with van der Waals surface area (Å²) < 4.78 is 27.5. The van der Waals surface area contributed by atoms with Crippen LogP contribution in [0.2, 0.25) is 0 Å². The third kappa shape index (κ3) is 2.96. The van der Waals surface area contributed by atoms with Crippen molar-refractivity contribution in [3.8, 4) is 0 Å². The fourth-order valence-corrected chi connectivity index (χ4v) is 4.55. The van der Waals surface area contributed by atoms with E-state index in [1.165, 1.54) is 0 Å². The van der Waals surface area contributed by atoms with Crippen LogP contribution in [-0.2, 0) is 10.0 Å². The molecular weight excluding hydrogens is 322 g/mol. The summed E-state index contributed by atoms with van der Waals surface area (Å²) in [5.74, 6) is 0. The molecule has 5 nitrogen and oxygen atoms in total. The lowest BCUT2D eigenvalue weighted by Gasteiger charge is -2.33. The molecule has 1 aromatic carbocycles. The van der Waals surface area contributed by atoms with Crippen molar-refractivity contribution in [1.29, 1.82) is 0 Å². The van der Waals surface area contributed by atoms with E-state index in [0.29, 0.717) is 30.0 Å². The summed E-state index contributed by atoms with van der Waals surface area (Å²) in [7, 11) is -3.52. The number of para-hydroxylation sites is 1. The number of nitrogens with zero attached hydrogens (tertiary/aromatic N) is 2. The van der Waals surface area contributed by atoms with Gasteiger partial charge in [-0.1, -0.05) is 12.1 Å². The predicted octanol–water partition coefficient (Wildman–Crippen LogP) is 1.95. The van der Waals surface area contributed by atoms with Gasteiger partial charge in [0.2, 0.25) is 10.0 Å². The van der Waals surface area contributed by atoms with Crippen molar-refractivity contribution in [2.24, 2.45) is 0 Å². The van der Waals surface area contributed by atoms with Crippen molar-refractivity contribution >= 4 is 33.3 Å². The molecule has 0 bridgehead atoms. The van der Waals surface area contributed by atoms with E-state index in [0.717, 1.165) is 10.9 Å². The molecule has 0 unspecified atom stereocenters. The molecular formula is C15H20ClN3O2S. The van der Waals surface area contributed by atoms with Gasteiger partial charge in [-0.15, -0.1) is 12.4 Å². The Bertz CT molecular complexity index is 779. The average Bonchev–Trinajstić information content (AvgIpc) is 2.46. The lowest BCUT2D eigenvalue weighted by molar-refractivity contribution is 0.284. The van der Waals surface area contributed by atoms with E-state index in [1.807, 2.05) is 26.0 Å². The first-order valence-corrected chi connectivity index (χ1v) is 8.52. The van der Waals surface area contributed by atoms with Crippen molar-refractivity contribution in [2.75, 3.05) is 19.6 Å². The molecule has 1 aliphatic heterocycles. The minimum absolute atomic E-state index is 0. The Hall–Kier alpha value is -1.21. The lowest BCUT2D eigenvalue weighted by Crippen LogP contribution is -2.52. The Labute approximate surface area is 137 Å². The normalized spacial score (nSPS) is 19.8. The second-order valence-corrected chi connectivity index (χ2v) is 7.37. The maximum atomic E-state index is 13.0. The number of hydrogen-bond acceptors (Lipinski definition) is 4. The lowest BCUT2D eigenvalue weighted by atomic mass is 10.2. The molecule has 120 valence electrons. The Kier molecular flexibility index (Phi) is 5.07. The Balaban J connectivity index is 0.00000176. The number of aryl methyl sites for hydroxylation is 1. The average molecular weight is 342 g/mol. The monoisotopic (exact) mass is 341 g/mol. The van der Waals surface area contributed by atoms with Crippen molar-refractivity contribution in [2.45, 2.75) is 24.8 Å². The van der Waals surface area contributed by atoms with Crippen molar-refractivity contribution in [3.05, 3.63) is 36.0 Å². The third-order valence-electron chi connectivity index (χ3n) is 3.84. The molecule has 1 aliphatic rings. The van der Waals surface area contributed by atoms with Gasteiger partial charge >= 0.3 is 0 Å². The molecule has 0 spiro atoms. The smallest absolute Gasteiger partial charge is 0.245 e. The fourth-order valence-electron chi connectivity index (χ4n) is 2.76. The largest absolute Gasteiger partial charge is 0.314 e. The van der Waals surface area contributed by atoms with Gasteiger partial charge in [0.1, 0.15) is 4.90 Å². The highest BCUT2D eigenvalue weighted by Gasteiger charge is 2.32. The van der Waals surface area contributed by atoms with E-state index in [2.05, 4.69) is 10.3 Å². The van der Waals surface area contributed by atoms with Crippen LogP contribution in [-0.4, -0.2) is 43.4 Å². The zero-order chi connectivity index (χ0) is 15.0. The van der Waals surface area contributed by atoms with Crippen molar-refractivity contribution < 1.29 is 8.42 Å². The summed E-state index contributed by atoms with van der Waals surface area (Å²) in [6.45, 7) is 5.72. The fraction of sp³-hybridized carbons (Fsp3) is 0.400. The molecule has 22 heavy (non-hydrogen) atoms. The summed E-state index contributed by atoms with van der Waals surface area (Å²) in [4.78, 5) is 4.65. The number of halogens is 1. The third-order valence-corrected chi connectivity index (χ3v) is 5.88. The maximum Gasteiger partial charge on any atom is 0.245 e. The number of hydrogen-bond donors (Lipinski definition) is 1. The molecule has 0 saturated carbocycles. The minimum Gasteiger partial charge on any atom is -0.314 e. The molecule has 1 atom stereocenters. The van der Waals surface area contributed by atoms with Crippen molar-refractivity contribution in [1.82, 2.24) is 14.6 Å². The van der Waals surface area contributed by atoms with E-state index in [1.54, 1.807) is 22.6 Å². The van der Waals surface area contributed by atoms with Crippen LogP contribution in [0.15, 0.2) is 35.4 Å². The highest BCUT2D eigenvalue weighted by Crippen LogP contribution is 2.26. The molecule has 1 saturated heterocycles. The number of benzene rings is 1. The van der Waals surface area contributed by atoms with Crippen LogP contribution in [0.4, 0.5) is 0 Å². The highest BCUT2D eigenvalue weighted by atomic mass is 35.5. The van der Waals surface area contributed by atoms with Gasteiger partial charge in [-0.2, -0.15) is 4.31 Å². The summed E-state index contributed by atoms with van der Waals surface area (Å²) in [6, 6.07) is 7.24. The second-order valence-electron chi connectivity index (χ2n) is 5.51. The topological polar surface area (TPSA) is 62.3 Å². The number of aromatic nitrogens is 1. The van der Waals surface area contributed by atoms with Crippen LogP contribution in [0.3, 0.4) is 0 Å². The van der Waals surface area contributed by atoms with Crippen LogP contribution >= 0.6 is 12.4 Å². The van der Waals surface area contributed by atoms with E-state index in [4.69, 9.17) is 0 Å². The number of piperazine rings is 1. The summed E-state index contributed by atoms with van der Waals surface area (Å²) in [6.07, 6.45) is 1.71. The molecule has 2 heterocycles. The van der Waals surface area contributed by atoms with Crippen LogP contribution in [0, 0.1) is 6.92 Å². The zero-order valence-corrected chi connectivity index (χ0v) is 14.2. The minimum atomic E-state index is -3.52. The maximum absolute atomic E-state index is 13.0. The Morgan fingerprint density at radius 1 is 1.36 bits per heavy atom. The van der Waals surface area contributed by atoms with Crippen molar-refractivity contribution in [3.63, 3.8) is 0 Å².